The molecule has 20 heavy (non-hydrogen) atoms. The second-order valence-corrected chi connectivity index (χ2v) is 5.44. The van der Waals surface area contributed by atoms with E-state index in [0.717, 1.165) is 17.0 Å². The molecule has 0 fully saturated rings. The van der Waals surface area contributed by atoms with Gasteiger partial charge in [0.15, 0.2) is 6.10 Å². The van der Waals surface area contributed by atoms with Gasteiger partial charge in [-0.2, -0.15) is 0 Å². The van der Waals surface area contributed by atoms with Crippen molar-refractivity contribution in [2.75, 3.05) is 18.0 Å². The predicted octanol–water partition coefficient (Wildman–Crippen LogP) is 2.35. The van der Waals surface area contributed by atoms with Crippen molar-refractivity contribution in [3.63, 3.8) is 0 Å². The van der Waals surface area contributed by atoms with Gasteiger partial charge in [0.25, 0.3) is 5.91 Å². The van der Waals surface area contributed by atoms with Crippen LogP contribution in [-0.4, -0.2) is 31.1 Å². The Morgan fingerprint density at radius 3 is 2.85 bits per heavy atom. The van der Waals surface area contributed by atoms with Crippen LogP contribution >= 0.6 is 0 Å². The van der Waals surface area contributed by atoms with Gasteiger partial charge in [0.2, 0.25) is 0 Å². The average molecular weight is 274 g/mol. The zero-order valence-electron chi connectivity index (χ0n) is 12.3. The third-order valence-electron chi connectivity index (χ3n) is 3.22. The summed E-state index contributed by atoms with van der Waals surface area (Å²) >= 11 is 0. The van der Waals surface area contributed by atoms with Crippen LogP contribution in [-0.2, 0) is 4.79 Å². The minimum absolute atomic E-state index is 0.0191. The molecule has 1 N–H and O–H groups in total. The van der Waals surface area contributed by atoms with Crippen molar-refractivity contribution in [2.24, 2.45) is 0 Å². The van der Waals surface area contributed by atoms with Gasteiger partial charge in [-0.1, -0.05) is 32.6 Å². The number of benzene rings is 1. The Hall–Kier alpha value is -1.81. The number of fused-ring (bicyclic) bond motifs is 1. The fourth-order valence-electron chi connectivity index (χ4n) is 2.15. The molecule has 4 nitrogen and oxygen atoms in total. The summed E-state index contributed by atoms with van der Waals surface area (Å²) in [5, 5.41) is 3.32. The van der Waals surface area contributed by atoms with E-state index in [1.165, 1.54) is 0 Å². The molecule has 0 aliphatic carbocycles. The van der Waals surface area contributed by atoms with Crippen LogP contribution in [0.2, 0.25) is 0 Å². The molecule has 1 amide bonds. The standard InChI is InChI=1S/C16H22N2O2/c1-11(2)17-9-12(3)10-18-14-7-5-6-8-15(14)20-13(4)16(18)19/h5-8,11,13,17H,3,9-10H2,1-2,4H3. The van der Waals surface area contributed by atoms with E-state index in [1.807, 2.05) is 24.3 Å². The fraction of sp³-hybridized carbons (Fsp3) is 0.438. The first-order valence-corrected chi connectivity index (χ1v) is 6.96. The highest BCUT2D eigenvalue weighted by Crippen LogP contribution is 2.33. The highest BCUT2D eigenvalue weighted by atomic mass is 16.5. The lowest BCUT2D eigenvalue weighted by Gasteiger charge is -2.33. The van der Waals surface area contributed by atoms with E-state index >= 15 is 0 Å². The Morgan fingerprint density at radius 1 is 1.45 bits per heavy atom. The van der Waals surface area contributed by atoms with E-state index in [2.05, 4.69) is 25.7 Å². The molecule has 2 rings (SSSR count). The van der Waals surface area contributed by atoms with Gasteiger partial charge in [-0.15, -0.1) is 0 Å². The second-order valence-electron chi connectivity index (χ2n) is 5.44. The van der Waals surface area contributed by atoms with E-state index in [-0.39, 0.29) is 5.91 Å². The second kappa shape index (κ2) is 6.09. The first-order valence-electron chi connectivity index (χ1n) is 6.96. The van der Waals surface area contributed by atoms with Gasteiger partial charge in [0.1, 0.15) is 5.75 Å². The van der Waals surface area contributed by atoms with Crippen molar-refractivity contribution in [3.05, 3.63) is 36.4 Å². The van der Waals surface area contributed by atoms with Crippen molar-refractivity contribution in [1.29, 1.82) is 0 Å². The van der Waals surface area contributed by atoms with Crippen LogP contribution in [0.1, 0.15) is 20.8 Å². The van der Waals surface area contributed by atoms with Crippen molar-refractivity contribution < 1.29 is 9.53 Å². The quantitative estimate of drug-likeness (QED) is 0.838. The van der Waals surface area contributed by atoms with Crippen LogP contribution in [0.25, 0.3) is 0 Å². The first kappa shape index (κ1) is 14.6. The summed E-state index contributed by atoms with van der Waals surface area (Å²) in [6.45, 7) is 11.2. The zero-order chi connectivity index (χ0) is 14.7. The lowest BCUT2D eigenvalue weighted by atomic mass is 10.1. The molecule has 1 aromatic rings. The van der Waals surface area contributed by atoms with E-state index in [4.69, 9.17) is 4.74 Å². The number of nitrogens with zero attached hydrogens (tertiary/aromatic N) is 1. The Morgan fingerprint density at radius 2 is 2.15 bits per heavy atom. The van der Waals surface area contributed by atoms with Crippen LogP contribution in [0.5, 0.6) is 5.75 Å². The maximum Gasteiger partial charge on any atom is 0.268 e. The van der Waals surface area contributed by atoms with Gasteiger partial charge in [-0.3, -0.25) is 4.79 Å². The van der Waals surface area contributed by atoms with Crippen LogP contribution in [0.15, 0.2) is 36.4 Å². The molecular formula is C16H22N2O2. The van der Waals surface area contributed by atoms with Crippen LogP contribution in [0.3, 0.4) is 0 Å². The number of ether oxygens (including phenoxy) is 1. The molecule has 1 aromatic carbocycles. The molecule has 1 unspecified atom stereocenters. The number of rotatable bonds is 5. The normalized spacial score (nSPS) is 17.9. The minimum atomic E-state index is -0.448. The molecule has 4 heteroatoms. The Labute approximate surface area is 120 Å². The lowest BCUT2D eigenvalue weighted by molar-refractivity contribution is -0.125. The number of nitrogens with one attached hydrogen (secondary N) is 1. The summed E-state index contributed by atoms with van der Waals surface area (Å²) in [6.07, 6.45) is -0.448. The monoisotopic (exact) mass is 274 g/mol. The third-order valence-corrected chi connectivity index (χ3v) is 3.22. The van der Waals surface area contributed by atoms with Crippen LogP contribution < -0.4 is 15.0 Å². The molecule has 0 spiro atoms. The topological polar surface area (TPSA) is 41.6 Å². The van der Waals surface area contributed by atoms with Gasteiger partial charge in [0, 0.05) is 19.1 Å². The zero-order valence-corrected chi connectivity index (χ0v) is 12.3. The molecule has 0 bridgehead atoms. The lowest BCUT2D eigenvalue weighted by Crippen LogP contribution is -2.46. The predicted molar refractivity (Wildman–Crippen MR) is 81.2 cm³/mol. The van der Waals surface area contributed by atoms with Gasteiger partial charge < -0.3 is 15.0 Å². The van der Waals surface area contributed by atoms with Crippen molar-refractivity contribution in [2.45, 2.75) is 32.9 Å². The summed E-state index contributed by atoms with van der Waals surface area (Å²) in [5.74, 6) is 0.735. The highest BCUT2D eigenvalue weighted by Gasteiger charge is 2.31. The molecule has 1 heterocycles. The van der Waals surface area contributed by atoms with Crippen LogP contribution in [0, 0.1) is 0 Å². The molecular weight excluding hydrogens is 252 g/mol. The van der Waals surface area contributed by atoms with E-state index in [9.17, 15) is 4.79 Å². The number of amides is 1. The number of carbonyl (C=O) groups is 1. The largest absolute Gasteiger partial charge is 0.479 e. The molecule has 0 saturated carbocycles. The number of hydrogen-bond acceptors (Lipinski definition) is 3. The molecule has 1 aliphatic heterocycles. The van der Waals surface area contributed by atoms with Gasteiger partial charge >= 0.3 is 0 Å². The molecule has 108 valence electrons. The summed E-state index contributed by atoms with van der Waals surface area (Å²) in [5.41, 5.74) is 1.80. The smallest absolute Gasteiger partial charge is 0.268 e. The number of para-hydroxylation sites is 2. The van der Waals surface area contributed by atoms with Crippen LogP contribution in [0.4, 0.5) is 5.69 Å². The molecule has 0 saturated heterocycles. The average Bonchev–Trinajstić information content (AvgIpc) is 2.41. The summed E-state index contributed by atoms with van der Waals surface area (Å²) in [6, 6.07) is 8.02. The number of hydrogen-bond donors (Lipinski definition) is 1. The van der Waals surface area contributed by atoms with E-state index in [1.54, 1.807) is 11.8 Å². The molecule has 1 atom stereocenters. The molecule has 0 radical (unpaired) electrons. The van der Waals surface area contributed by atoms with Crippen molar-refractivity contribution in [1.82, 2.24) is 5.32 Å². The third kappa shape index (κ3) is 3.20. The summed E-state index contributed by atoms with van der Waals surface area (Å²) in [4.78, 5) is 14.1. The fourth-order valence-corrected chi connectivity index (χ4v) is 2.15. The SMILES string of the molecule is C=C(CNC(C)C)CN1C(=O)C(C)Oc2ccccc21. The maximum absolute atomic E-state index is 12.3. The first-order chi connectivity index (χ1) is 9.49. The minimum Gasteiger partial charge on any atom is -0.479 e. The van der Waals surface area contributed by atoms with Crippen molar-refractivity contribution >= 4 is 11.6 Å². The molecule has 1 aliphatic rings. The van der Waals surface area contributed by atoms with Gasteiger partial charge in [-0.25, -0.2) is 0 Å². The van der Waals surface area contributed by atoms with Gasteiger partial charge in [-0.05, 0) is 24.6 Å². The Bertz CT molecular complexity index is 511. The maximum atomic E-state index is 12.3. The van der Waals surface area contributed by atoms with Crippen molar-refractivity contribution in [3.8, 4) is 5.75 Å². The summed E-state index contributed by atoms with van der Waals surface area (Å²) in [7, 11) is 0. The van der Waals surface area contributed by atoms with Gasteiger partial charge in [0.05, 0.1) is 5.69 Å². The Balaban J connectivity index is 2.13. The van der Waals surface area contributed by atoms with E-state index in [0.29, 0.717) is 19.1 Å². The number of carbonyl (C=O) groups excluding carboxylic acids is 1. The molecule has 0 aromatic heterocycles. The Kier molecular flexibility index (Phi) is 4.45. The number of anilines is 1. The van der Waals surface area contributed by atoms with E-state index < -0.39 is 6.10 Å². The summed E-state index contributed by atoms with van der Waals surface area (Å²) < 4.78 is 5.62. The highest BCUT2D eigenvalue weighted by molar-refractivity contribution is 6.00.